The molecule has 0 bridgehead atoms. The fourth-order valence-electron chi connectivity index (χ4n) is 3.27. The van der Waals surface area contributed by atoms with Gasteiger partial charge in [-0.05, 0) is 36.5 Å². The maximum absolute atomic E-state index is 12.1. The van der Waals surface area contributed by atoms with Gasteiger partial charge in [0.1, 0.15) is 6.61 Å². The van der Waals surface area contributed by atoms with E-state index < -0.39 is 32.0 Å². The zero-order valence-corrected chi connectivity index (χ0v) is 16.8. The summed E-state index contributed by atoms with van der Waals surface area (Å²) < 4.78 is 11.6. The summed E-state index contributed by atoms with van der Waals surface area (Å²) in [6, 6.07) is 11.0. The second-order valence-electron chi connectivity index (χ2n) is 6.89. The third-order valence-electron chi connectivity index (χ3n) is 5.34. The zero-order chi connectivity index (χ0) is 19.2. The van der Waals surface area contributed by atoms with Crippen LogP contribution in [-0.2, 0) is 20.6 Å². The van der Waals surface area contributed by atoms with Crippen LogP contribution >= 0.6 is 0 Å². The molecule has 1 aromatic carbocycles. The maximum atomic E-state index is 12.1. The van der Waals surface area contributed by atoms with Crippen molar-refractivity contribution in [2.75, 3.05) is 0 Å². The van der Waals surface area contributed by atoms with Gasteiger partial charge in [0.15, 0.2) is 14.4 Å². The number of aliphatic carboxylic acids is 1. The monoisotopic (exact) mass is 379 g/mol. The molecule has 144 valence electrons. The maximum Gasteiger partial charge on any atom is 0.408 e. The van der Waals surface area contributed by atoms with Crippen molar-refractivity contribution < 1.29 is 23.9 Å². The van der Waals surface area contributed by atoms with Gasteiger partial charge in [-0.3, -0.25) is 0 Å². The fourth-order valence-corrected chi connectivity index (χ4v) is 6.39. The Kier molecular flexibility index (Phi) is 6.83. The number of alkyl carbamates (subject to hydrolysis) is 1. The van der Waals surface area contributed by atoms with Crippen molar-refractivity contribution in [1.82, 2.24) is 5.32 Å². The predicted molar refractivity (Wildman–Crippen MR) is 101 cm³/mol. The summed E-state index contributed by atoms with van der Waals surface area (Å²) in [6.45, 7) is 6.41. The molecule has 2 rings (SSSR count). The van der Waals surface area contributed by atoms with Crippen LogP contribution in [-0.4, -0.2) is 37.1 Å². The summed E-state index contributed by atoms with van der Waals surface area (Å²) in [5.41, 5.74) is 0.0626. The van der Waals surface area contributed by atoms with Crippen LogP contribution in [0.3, 0.4) is 0 Å². The number of ether oxygens (including phenoxy) is 1. The lowest BCUT2D eigenvalue weighted by Crippen LogP contribution is -2.55. The highest BCUT2D eigenvalue weighted by molar-refractivity contribution is 6.73. The van der Waals surface area contributed by atoms with Crippen molar-refractivity contribution in [3.8, 4) is 0 Å². The molecule has 1 aliphatic rings. The Morgan fingerprint density at radius 2 is 1.73 bits per heavy atom. The quantitative estimate of drug-likeness (QED) is 0.602. The van der Waals surface area contributed by atoms with Gasteiger partial charge in [0.05, 0.1) is 5.60 Å². The van der Waals surface area contributed by atoms with Crippen molar-refractivity contribution in [3.05, 3.63) is 35.9 Å². The minimum Gasteiger partial charge on any atom is -0.480 e. The van der Waals surface area contributed by atoms with Crippen molar-refractivity contribution in [3.63, 3.8) is 0 Å². The van der Waals surface area contributed by atoms with Gasteiger partial charge < -0.3 is 19.6 Å². The van der Waals surface area contributed by atoms with Gasteiger partial charge in [-0.25, -0.2) is 9.59 Å². The average Bonchev–Trinajstić information content (AvgIpc) is 3.43. The summed E-state index contributed by atoms with van der Waals surface area (Å²) in [7, 11) is -1.98. The van der Waals surface area contributed by atoms with E-state index in [0.29, 0.717) is 12.8 Å². The minimum atomic E-state index is -1.98. The Morgan fingerprint density at radius 3 is 2.19 bits per heavy atom. The fraction of sp³-hybridized carbons (Fsp3) is 0.579. The predicted octanol–water partition coefficient (Wildman–Crippen LogP) is 3.92. The Bertz CT molecular complexity index is 605. The SMILES string of the molecule is CC[Si](CC)(CC)OC1([C@H](NC(=O)OCc2ccccc2)C(=O)O)CC1. The molecule has 1 atom stereocenters. The highest BCUT2D eigenvalue weighted by atomic mass is 28.4. The molecule has 0 aliphatic heterocycles. The minimum absolute atomic E-state index is 0.102. The van der Waals surface area contributed by atoms with Crippen LogP contribution in [0.4, 0.5) is 4.79 Å². The third-order valence-corrected chi connectivity index (χ3v) is 10.0. The van der Waals surface area contributed by atoms with Gasteiger partial charge in [-0.1, -0.05) is 51.1 Å². The molecule has 0 spiro atoms. The van der Waals surface area contributed by atoms with E-state index in [1.54, 1.807) is 0 Å². The van der Waals surface area contributed by atoms with Crippen molar-refractivity contribution >= 4 is 20.4 Å². The van der Waals surface area contributed by atoms with E-state index >= 15 is 0 Å². The van der Waals surface area contributed by atoms with Crippen LogP contribution in [0.15, 0.2) is 30.3 Å². The van der Waals surface area contributed by atoms with E-state index in [9.17, 15) is 14.7 Å². The van der Waals surface area contributed by atoms with Crippen LogP contribution in [0, 0.1) is 0 Å². The number of nitrogens with one attached hydrogen (secondary N) is 1. The number of carbonyl (C=O) groups is 2. The Morgan fingerprint density at radius 1 is 1.15 bits per heavy atom. The van der Waals surface area contributed by atoms with Gasteiger partial charge >= 0.3 is 12.1 Å². The van der Waals surface area contributed by atoms with Crippen molar-refractivity contribution in [2.45, 2.75) is 70.0 Å². The number of carboxylic acid groups (broad SMARTS) is 1. The Hall–Kier alpha value is -1.86. The molecular weight excluding hydrogens is 350 g/mol. The smallest absolute Gasteiger partial charge is 0.408 e. The molecule has 1 aromatic rings. The first-order valence-electron chi connectivity index (χ1n) is 9.30. The zero-order valence-electron chi connectivity index (χ0n) is 15.8. The highest BCUT2D eigenvalue weighted by Crippen LogP contribution is 2.47. The molecule has 0 heterocycles. The first kappa shape index (κ1) is 20.4. The molecule has 1 saturated carbocycles. The summed E-state index contributed by atoms with van der Waals surface area (Å²) in [5, 5.41) is 12.2. The van der Waals surface area contributed by atoms with Crippen LogP contribution in [0.5, 0.6) is 0 Å². The van der Waals surface area contributed by atoms with Gasteiger partial charge in [0, 0.05) is 0 Å². The summed E-state index contributed by atoms with van der Waals surface area (Å²) in [6.07, 6.45) is 0.572. The first-order valence-corrected chi connectivity index (χ1v) is 11.8. The van der Waals surface area contributed by atoms with Crippen LogP contribution < -0.4 is 5.32 Å². The molecule has 0 aromatic heterocycles. The summed E-state index contributed by atoms with van der Waals surface area (Å²) in [5.74, 6) is -1.08. The van der Waals surface area contributed by atoms with Crippen molar-refractivity contribution in [2.24, 2.45) is 0 Å². The summed E-state index contributed by atoms with van der Waals surface area (Å²) >= 11 is 0. The van der Waals surface area contributed by atoms with Gasteiger partial charge in [0.25, 0.3) is 0 Å². The molecule has 7 heteroatoms. The molecule has 0 saturated heterocycles. The summed E-state index contributed by atoms with van der Waals surface area (Å²) in [4.78, 5) is 24.0. The number of amides is 1. The lowest BCUT2D eigenvalue weighted by molar-refractivity contribution is -0.142. The number of hydrogen-bond donors (Lipinski definition) is 2. The van der Waals surface area contributed by atoms with E-state index in [-0.39, 0.29) is 6.61 Å². The standard InChI is InChI=1S/C19H29NO5Si/c1-4-26(5-2,6-3)25-19(12-13-19)16(17(21)22)20-18(23)24-14-15-10-8-7-9-11-15/h7-11,16H,4-6,12-14H2,1-3H3,(H,20,23)(H,21,22)/t16-/m1/s1. The van der Waals surface area contributed by atoms with Gasteiger partial charge in [-0.2, -0.15) is 0 Å². The number of rotatable bonds is 10. The second-order valence-corrected chi connectivity index (χ2v) is 11.6. The number of hydrogen-bond acceptors (Lipinski definition) is 4. The van der Waals surface area contributed by atoms with Crippen LogP contribution in [0.2, 0.25) is 18.1 Å². The van der Waals surface area contributed by atoms with Gasteiger partial charge in [-0.15, -0.1) is 0 Å². The van der Waals surface area contributed by atoms with Gasteiger partial charge in [0.2, 0.25) is 0 Å². The molecular formula is C19H29NO5Si. The lowest BCUT2D eigenvalue weighted by atomic mass is 10.1. The molecule has 2 N–H and O–H groups in total. The molecule has 1 fully saturated rings. The molecule has 1 aliphatic carbocycles. The van der Waals surface area contributed by atoms with E-state index in [1.807, 2.05) is 30.3 Å². The molecule has 1 amide bonds. The van der Waals surface area contributed by atoms with Crippen molar-refractivity contribution in [1.29, 1.82) is 0 Å². The van der Waals surface area contributed by atoms with E-state index in [0.717, 1.165) is 23.7 Å². The number of carbonyl (C=O) groups excluding carboxylic acids is 1. The lowest BCUT2D eigenvalue weighted by Gasteiger charge is -2.36. The first-order chi connectivity index (χ1) is 12.4. The second kappa shape index (κ2) is 8.68. The van der Waals surface area contributed by atoms with E-state index in [4.69, 9.17) is 9.16 Å². The van der Waals surface area contributed by atoms with E-state index in [1.165, 1.54) is 0 Å². The largest absolute Gasteiger partial charge is 0.480 e. The number of benzene rings is 1. The Labute approximate surface area is 156 Å². The Balaban J connectivity index is 2.01. The highest BCUT2D eigenvalue weighted by Gasteiger charge is 2.58. The molecule has 0 radical (unpaired) electrons. The average molecular weight is 380 g/mol. The van der Waals surface area contributed by atoms with E-state index in [2.05, 4.69) is 26.1 Å². The topological polar surface area (TPSA) is 84.9 Å². The molecule has 0 unspecified atom stereocenters. The molecule has 26 heavy (non-hydrogen) atoms. The van der Waals surface area contributed by atoms with Crippen LogP contribution in [0.25, 0.3) is 0 Å². The molecule has 6 nitrogen and oxygen atoms in total. The van der Waals surface area contributed by atoms with Crippen LogP contribution in [0.1, 0.15) is 39.2 Å². The normalized spacial score (nSPS) is 16.6. The third kappa shape index (κ3) is 4.85. The number of carboxylic acids is 1.